The monoisotopic (exact) mass is 581 g/mol. The molecule has 8 nitrogen and oxygen atoms in total. The van der Waals surface area contributed by atoms with Crippen LogP contribution in [0.2, 0.25) is 0 Å². The van der Waals surface area contributed by atoms with Crippen LogP contribution < -0.4 is 16.0 Å². The summed E-state index contributed by atoms with van der Waals surface area (Å²) in [5, 5.41) is 30.0. The highest BCUT2D eigenvalue weighted by molar-refractivity contribution is 5.89. The molecule has 0 aliphatic carbocycles. The lowest BCUT2D eigenvalue weighted by Gasteiger charge is -2.30. The molecule has 0 spiro atoms. The number of aliphatic hydroxyl groups is 2. The standard InChI is InChI=1S/C34H51N3O5/c1-6-7-18-31(40)35-28(20-26-16-12-9-13-17-26)30(39)21-27(19-25-14-10-8-11-15-25)33(41)37-32(24(4)5)34(42)36-29(22-38)23(2)3/h8-17,23-24,27-30,32,38-39H,6-7,18-22H2,1-5H3,(H,35,40)(H,36,42)(H,37,41)/t27-,28+,29-,30+,32+/m1/s1. The van der Waals surface area contributed by atoms with Gasteiger partial charge in [-0.05, 0) is 48.6 Å². The molecule has 5 N–H and O–H groups in total. The number of rotatable bonds is 18. The summed E-state index contributed by atoms with van der Waals surface area (Å²) in [5.41, 5.74) is 1.91. The number of nitrogens with one attached hydrogen (secondary N) is 3. The lowest BCUT2D eigenvalue weighted by molar-refractivity contribution is -0.133. The molecule has 0 heterocycles. The minimum absolute atomic E-state index is 0.0255. The fourth-order valence-corrected chi connectivity index (χ4v) is 4.91. The molecule has 2 aromatic carbocycles. The lowest BCUT2D eigenvalue weighted by atomic mass is 9.88. The summed E-state index contributed by atoms with van der Waals surface area (Å²) in [6, 6.07) is 17.4. The van der Waals surface area contributed by atoms with Crippen molar-refractivity contribution < 1.29 is 24.6 Å². The molecular formula is C34H51N3O5. The van der Waals surface area contributed by atoms with E-state index in [9.17, 15) is 24.6 Å². The summed E-state index contributed by atoms with van der Waals surface area (Å²) in [5.74, 6) is -1.64. The molecule has 5 atom stereocenters. The fraction of sp³-hybridized carbons (Fsp3) is 0.559. The Bertz CT molecular complexity index is 1080. The predicted octanol–water partition coefficient (Wildman–Crippen LogP) is 3.79. The van der Waals surface area contributed by atoms with E-state index < -0.39 is 30.1 Å². The van der Waals surface area contributed by atoms with Crippen LogP contribution in [-0.4, -0.2) is 58.8 Å². The Hall–Kier alpha value is -3.23. The average Bonchev–Trinajstić information content (AvgIpc) is 2.97. The van der Waals surface area contributed by atoms with E-state index >= 15 is 0 Å². The van der Waals surface area contributed by atoms with E-state index in [1.165, 1.54) is 0 Å². The van der Waals surface area contributed by atoms with Gasteiger partial charge in [0.2, 0.25) is 17.7 Å². The van der Waals surface area contributed by atoms with Crippen molar-refractivity contribution in [3.05, 3.63) is 71.8 Å². The SMILES string of the molecule is CCCCC(=O)N[C@@H](Cc1ccccc1)[C@@H](O)C[C@@H](Cc1ccccc1)C(=O)N[C@H](C(=O)N[C@H](CO)C(C)C)C(C)C. The highest BCUT2D eigenvalue weighted by Crippen LogP contribution is 2.20. The van der Waals surface area contributed by atoms with Crippen LogP contribution in [0.3, 0.4) is 0 Å². The zero-order valence-corrected chi connectivity index (χ0v) is 25.9. The highest BCUT2D eigenvalue weighted by Gasteiger charge is 2.32. The van der Waals surface area contributed by atoms with Gasteiger partial charge in [0.1, 0.15) is 6.04 Å². The van der Waals surface area contributed by atoms with E-state index in [-0.39, 0.29) is 42.6 Å². The molecule has 3 amide bonds. The third kappa shape index (κ3) is 11.9. The molecule has 232 valence electrons. The molecule has 2 rings (SSSR count). The Morgan fingerprint density at radius 2 is 1.31 bits per heavy atom. The smallest absolute Gasteiger partial charge is 0.243 e. The van der Waals surface area contributed by atoms with Crippen molar-refractivity contribution >= 4 is 17.7 Å². The van der Waals surface area contributed by atoms with Gasteiger partial charge in [-0.1, -0.05) is 102 Å². The second kappa shape index (κ2) is 18.3. The first kappa shape index (κ1) is 35.0. The molecule has 8 heteroatoms. The van der Waals surface area contributed by atoms with Gasteiger partial charge in [0.05, 0.1) is 24.8 Å². The summed E-state index contributed by atoms with van der Waals surface area (Å²) < 4.78 is 0. The van der Waals surface area contributed by atoms with Gasteiger partial charge in [0, 0.05) is 12.3 Å². The zero-order chi connectivity index (χ0) is 31.1. The van der Waals surface area contributed by atoms with Gasteiger partial charge in [0.15, 0.2) is 0 Å². The van der Waals surface area contributed by atoms with Crippen LogP contribution in [0, 0.1) is 17.8 Å². The highest BCUT2D eigenvalue weighted by atomic mass is 16.3. The lowest BCUT2D eigenvalue weighted by Crippen LogP contribution is -2.55. The molecule has 0 aliphatic heterocycles. The van der Waals surface area contributed by atoms with E-state index in [1.54, 1.807) is 0 Å². The molecule has 0 unspecified atom stereocenters. The zero-order valence-electron chi connectivity index (χ0n) is 25.9. The Labute approximate surface area is 251 Å². The molecule has 0 aliphatic rings. The largest absolute Gasteiger partial charge is 0.394 e. The number of amides is 3. The molecule has 42 heavy (non-hydrogen) atoms. The summed E-state index contributed by atoms with van der Waals surface area (Å²) in [6.45, 7) is 9.36. The normalized spacial score (nSPS) is 15.0. The maximum Gasteiger partial charge on any atom is 0.243 e. The van der Waals surface area contributed by atoms with Crippen LogP contribution in [0.15, 0.2) is 60.7 Å². The third-order valence-electron chi connectivity index (χ3n) is 7.66. The Kier molecular flexibility index (Phi) is 15.3. The van der Waals surface area contributed by atoms with Crippen LogP contribution in [0.4, 0.5) is 0 Å². The second-order valence-corrected chi connectivity index (χ2v) is 11.9. The van der Waals surface area contributed by atoms with Crippen molar-refractivity contribution in [2.45, 2.75) is 97.4 Å². The molecular weight excluding hydrogens is 530 g/mol. The van der Waals surface area contributed by atoms with Gasteiger partial charge in [-0.3, -0.25) is 14.4 Å². The maximum absolute atomic E-state index is 13.8. The average molecular weight is 582 g/mol. The molecule has 0 aromatic heterocycles. The van der Waals surface area contributed by atoms with E-state index in [1.807, 2.05) is 95.3 Å². The number of hydrogen-bond acceptors (Lipinski definition) is 5. The number of hydrogen-bond donors (Lipinski definition) is 5. The van der Waals surface area contributed by atoms with Gasteiger partial charge >= 0.3 is 0 Å². The minimum atomic E-state index is -0.999. The minimum Gasteiger partial charge on any atom is -0.394 e. The Morgan fingerprint density at radius 3 is 1.81 bits per heavy atom. The van der Waals surface area contributed by atoms with Crippen LogP contribution in [0.1, 0.15) is 71.4 Å². The van der Waals surface area contributed by atoms with Crippen molar-refractivity contribution in [3.8, 4) is 0 Å². The third-order valence-corrected chi connectivity index (χ3v) is 7.66. The van der Waals surface area contributed by atoms with Crippen molar-refractivity contribution in [1.29, 1.82) is 0 Å². The molecule has 0 saturated carbocycles. The van der Waals surface area contributed by atoms with Crippen molar-refractivity contribution in [2.24, 2.45) is 17.8 Å². The van der Waals surface area contributed by atoms with E-state index in [0.717, 1.165) is 24.0 Å². The molecule has 2 aromatic rings. The maximum atomic E-state index is 13.8. The summed E-state index contributed by atoms with van der Waals surface area (Å²) in [4.78, 5) is 39.7. The van der Waals surface area contributed by atoms with Crippen LogP contribution >= 0.6 is 0 Å². The Morgan fingerprint density at radius 1 is 0.738 bits per heavy atom. The van der Waals surface area contributed by atoms with Crippen LogP contribution in [-0.2, 0) is 27.2 Å². The van der Waals surface area contributed by atoms with Gasteiger partial charge in [-0.15, -0.1) is 0 Å². The topological polar surface area (TPSA) is 128 Å². The quantitative estimate of drug-likeness (QED) is 0.183. The number of benzene rings is 2. The first-order chi connectivity index (χ1) is 20.0. The molecule has 0 radical (unpaired) electrons. The van der Waals surface area contributed by atoms with E-state index in [4.69, 9.17) is 0 Å². The van der Waals surface area contributed by atoms with Crippen LogP contribution in [0.5, 0.6) is 0 Å². The van der Waals surface area contributed by atoms with Gasteiger partial charge in [0.25, 0.3) is 0 Å². The molecule has 0 bridgehead atoms. The summed E-state index contributed by atoms with van der Waals surface area (Å²) in [7, 11) is 0. The van der Waals surface area contributed by atoms with Crippen molar-refractivity contribution in [3.63, 3.8) is 0 Å². The summed E-state index contributed by atoms with van der Waals surface area (Å²) >= 11 is 0. The molecule has 0 fully saturated rings. The second-order valence-electron chi connectivity index (χ2n) is 11.9. The first-order valence-corrected chi connectivity index (χ1v) is 15.3. The van der Waals surface area contributed by atoms with Crippen LogP contribution in [0.25, 0.3) is 0 Å². The van der Waals surface area contributed by atoms with Gasteiger partial charge in [-0.25, -0.2) is 0 Å². The van der Waals surface area contributed by atoms with Gasteiger partial charge < -0.3 is 26.2 Å². The first-order valence-electron chi connectivity index (χ1n) is 15.3. The number of unbranched alkanes of at least 4 members (excludes halogenated alkanes) is 1. The van der Waals surface area contributed by atoms with E-state index in [2.05, 4.69) is 16.0 Å². The van der Waals surface area contributed by atoms with E-state index in [0.29, 0.717) is 19.3 Å². The Balaban J connectivity index is 2.29. The predicted molar refractivity (Wildman–Crippen MR) is 166 cm³/mol. The van der Waals surface area contributed by atoms with Crippen molar-refractivity contribution in [1.82, 2.24) is 16.0 Å². The molecule has 0 saturated heterocycles. The fourth-order valence-electron chi connectivity index (χ4n) is 4.91. The number of carbonyl (C=O) groups excluding carboxylic acids is 3. The van der Waals surface area contributed by atoms with Crippen molar-refractivity contribution in [2.75, 3.05) is 6.61 Å². The number of aliphatic hydroxyl groups excluding tert-OH is 2. The number of carbonyl (C=O) groups is 3. The van der Waals surface area contributed by atoms with Gasteiger partial charge in [-0.2, -0.15) is 0 Å². The summed E-state index contributed by atoms with van der Waals surface area (Å²) in [6.07, 6.45) is 1.91.